The first-order valence-electron chi connectivity index (χ1n) is 25.2. The van der Waals surface area contributed by atoms with Gasteiger partial charge in [0, 0.05) is 19.4 Å². The van der Waals surface area contributed by atoms with E-state index in [4.69, 9.17) is 14.2 Å². The minimum atomic E-state index is -0.551. The SMILES string of the molecule is CCCC/C=C\CCCCCCCC(=O)O[C@H](COCCCCCCCCCCCCCCCCCC)COC(=O)CCCC/C=C\C/C=C\C/C=C\CCCCC. The van der Waals surface area contributed by atoms with Gasteiger partial charge in [-0.15, -0.1) is 0 Å². The second-order valence-corrected chi connectivity index (χ2v) is 16.7. The molecule has 0 amide bonds. The molecule has 5 heteroatoms. The molecule has 0 aliphatic rings. The van der Waals surface area contributed by atoms with E-state index < -0.39 is 6.10 Å². The summed E-state index contributed by atoms with van der Waals surface area (Å²) in [6.45, 7) is 7.74. The van der Waals surface area contributed by atoms with Gasteiger partial charge in [-0.3, -0.25) is 9.59 Å². The Balaban J connectivity index is 4.28. The first kappa shape index (κ1) is 55.9. The van der Waals surface area contributed by atoms with E-state index in [2.05, 4.69) is 69.4 Å². The maximum Gasteiger partial charge on any atom is 0.306 e. The Morgan fingerprint density at radius 3 is 1.29 bits per heavy atom. The maximum atomic E-state index is 12.7. The van der Waals surface area contributed by atoms with Crippen molar-refractivity contribution in [1.82, 2.24) is 0 Å². The van der Waals surface area contributed by atoms with Crippen LogP contribution in [0.2, 0.25) is 0 Å². The van der Waals surface area contributed by atoms with Crippen LogP contribution in [0, 0.1) is 0 Å². The third-order valence-electron chi connectivity index (χ3n) is 10.8. The van der Waals surface area contributed by atoms with Gasteiger partial charge in [0.2, 0.25) is 0 Å². The molecule has 0 aromatic rings. The molecule has 0 bridgehead atoms. The minimum absolute atomic E-state index is 0.0650. The minimum Gasteiger partial charge on any atom is -0.462 e. The highest BCUT2D eigenvalue weighted by molar-refractivity contribution is 5.70. The molecular formula is C53H96O5. The maximum absolute atomic E-state index is 12.7. The number of allylic oxidation sites excluding steroid dienone is 8. The van der Waals surface area contributed by atoms with Crippen LogP contribution in [0.4, 0.5) is 0 Å². The molecule has 0 aliphatic heterocycles. The van der Waals surface area contributed by atoms with E-state index >= 15 is 0 Å². The third-order valence-corrected chi connectivity index (χ3v) is 10.8. The van der Waals surface area contributed by atoms with Gasteiger partial charge in [-0.2, -0.15) is 0 Å². The lowest BCUT2D eigenvalue weighted by atomic mass is 10.0. The fourth-order valence-electron chi connectivity index (χ4n) is 7.03. The average molecular weight is 813 g/mol. The summed E-state index contributed by atoms with van der Waals surface area (Å²) in [5, 5.41) is 0. The molecule has 0 aromatic carbocycles. The second kappa shape index (κ2) is 49.2. The van der Waals surface area contributed by atoms with Gasteiger partial charge < -0.3 is 14.2 Å². The van der Waals surface area contributed by atoms with Crippen molar-refractivity contribution in [3.63, 3.8) is 0 Å². The highest BCUT2D eigenvalue weighted by atomic mass is 16.6. The van der Waals surface area contributed by atoms with Crippen molar-refractivity contribution in [1.29, 1.82) is 0 Å². The predicted molar refractivity (Wildman–Crippen MR) is 251 cm³/mol. The van der Waals surface area contributed by atoms with E-state index in [1.165, 1.54) is 148 Å². The first-order chi connectivity index (χ1) is 28.6. The van der Waals surface area contributed by atoms with E-state index in [0.29, 0.717) is 19.4 Å². The molecule has 0 radical (unpaired) electrons. The summed E-state index contributed by atoms with van der Waals surface area (Å²) in [7, 11) is 0. The molecule has 0 aromatic heterocycles. The lowest BCUT2D eigenvalue weighted by Crippen LogP contribution is -2.30. The van der Waals surface area contributed by atoms with Crippen LogP contribution in [0.3, 0.4) is 0 Å². The van der Waals surface area contributed by atoms with Gasteiger partial charge in [0.05, 0.1) is 6.61 Å². The number of rotatable bonds is 46. The number of esters is 2. The summed E-state index contributed by atoms with van der Waals surface area (Å²) in [6.07, 6.45) is 59.7. The van der Waals surface area contributed by atoms with Crippen LogP contribution in [0.1, 0.15) is 252 Å². The molecule has 5 nitrogen and oxygen atoms in total. The molecule has 0 rings (SSSR count). The molecule has 0 saturated heterocycles. The number of hydrogen-bond acceptors (Lipinski definition) is 5. The Kier molecular flexibility index (Phi) is 47.4. The molecule has 0 N–H and O–H groups in total. The van der Waals surface area contributed by atoms with Crippen molar-refractivity contribution in [3.05, 3.63) is 48.6 Å². The standard InChI is InChI=1S/C53H96O5/c1-4-7-10-13-16-19-22-24-26-28-30-33-36-39-42-45-48-56-49-51(58-53(55)47-44-41-38-35-31-21-18-15-12-9-6-3)50-57-52(54)46-43-40-37-34-32-29-27-25-23-20-17-14-11-8-5-2/h15,17-18,20,25,27,32,34,51H,4-14,16,19,21-24,26,28-31,33,35-50H2,1-3H3/b18-15-,20-17-,27-25-,34-32-/t51-/m1/s1. The van der Waals surface area contributed by atoms with Crippen molar-refractivity contribution in [2.24, 2.45) is 0 Å². The zero-order valence-electron chi connectivity index (χ0n) is 38.8. The van der Waals surface area contributed by atoms with Gasteiger partial charge >= 0.3 is 11.9 Å². The summed E-state index contributed by atoms with van der Waals surface area (Å²) in [5.41, 5.74) is 0. The Morgan fingerprint density at radius 1 is 0.379 bits per heavy atom. The lowest BCUT2D eigenvalue weighted by molar-refractivity contribution is -0.163. The number of ether oxygens (including phenoxy) is 3. The first-order valence-corrected chi connectivity index (χ1v) is 25.2. The fourth-order valence-corrected chi connectivity index (χ4v) is 7.03. The van der Waals surface area contributed by atoms with Gasteiger partial charge in [-0.1, -0.05) is 211 Å². The second-order valence-electron chi connectivity index (χ2n) is 16.7. The Labute approximate surface area is 361 Å². The molecule has 0 saturated carbocycles. The number of unbranched alkanes of at least 4 members (excludes halogenated alkanes) is 27. The Bertz CT molecular complexity index is 966. The highest BCUT2D eigenvalue weighted by Gasteiger charge is 2.17. The van der Waals surface area contributed by atoms with Crippen LogP contribution in [0.15, 0.2) is 48.6 Å². The van der Waals surface area contributed by atoms with Crippen molar-refractivity contribution < 1.29 is 23.8 Å². The van der Waals surface area contributed by atoms with Crippen LogP contribution in [-0.4, -0.2) is 37.9 Å². The molecule has 58 heavy (non-hydrogen) atoms. The topological polar surface area (TPSA) is 61.8 Å². The van der Waals surface area contributed by atoms with Crippen molar-refractivity contribution in [2.45, 2.75) is 258 Å². The lowest BCUT2D eigenvalue weighted by Gasteiger charge is -2.18. The van der Waals surface area contributed by atoms with Crippen LogP contribution in [-0.2, 0) is 23.8 Å². The van der Waals surface area contributed by atoms with Gasteiger partial charge in [0.15, 0.2) is 6.10 Å². The Morgan fingerprint density at radius 2 is 0.741 bits per heavy atom. The van der Waals surface area contributed by atoms with Crippen LogP contribution in [0.25, 0.3) is 0 Å². The largest absolute Gasteiger partial charge is 0.462 e. The molecule has 0 heterocycles. The predicted octanol–water partition coefficient (Wildman–Crippen LogP) is 16.8. The zero-order valence-corrected chi connectivity index (χ0v) is 38.8. The molecule has 0 spiro atoms. The quantitative estimate of drug-likeness (QED) is 0.0348. The molecular weight excluding hydrogens is 717 g/mol. The number of carbonyl (C=O) groups is 2. The van der Waals surface area contributed by atoms with E-state index in [1.807, 2.05) is 0 Å². The molecule has 0 unspecified atom stereocenters. The van der Waals surface area contributed by atoms with Crippen molar-refractivity contribution >= 4 is 11.9 Å². The van der Waals surface area contributed by atoms with Crippen LogP contribution in [0.5, 0.6) is 0 Å². The van der Waals surface area contributed by atoms with E-state index in [0.717, 1.165) is 70.6 Å². The van der Waals surface area contributed by atoms with Gasteiger partial charge in [0.1, 0.15) is 6.61 Å². The number of hydrogen-bond donors (Lipinski definition) is 0. The normalized spacial score (nSPS) is 12.5. The average Bonchev–Trinajstić information content (AvgIpc) is 3.22. The van der Waals surface area contributed by atoms with Gasteiger partial charge in [0.25, 0.3) is 0 Å². The highest BCUT2D eigenvalue weighted by Crippen LogP contribution is 2.15. The Hall–Kier alpha value is -2.14. The zero-order chi connectivity index (χ0) is 42.1. The third kappa shape index (κ3) is 46.5. The van der Waals surface area contributed by atoms with E-state index in [9.17, 15) is 9.59 Å². The molecule has 0 fully saturated rings. The van der Waals surface area contributed by atoms with Crippen molar-refractivity contribution in [3.8, 4) is 0 Å². The summed E-state index contributed by atoms with van der Waals surface area (Å²) in [6, 6.07) is 0. The molecule has 1 atom stereocenters. The summed E-state index contributed by atoms with van der Waals surface area (Å²) >= 11 is 0. The van der Waals surface area contributed by atoms with E-state index in [1.54, 1.807) is 0 Å². The monoisotopic (exact) mass is 813 g/mol. The van der Waals surface area contributed by atoms with Gasteiger partial charge in [-0.25, -0.2) is 0 Å². The summed E-state index contributed by atoms with van der Waals surface area (Å²) in [4.78, 5) is 25.3. The molecule has 0 aliphatic carbocycles. The van der Waals surface area contributed by atoms with Crippen LogP contribution >= 0.6 is 0 Å². The summed E-state index contributed by atoms with van der Waals surface area (Å²) < 4.78 is 17.3. The van der Waals surface area contributed by atoms with E-state index in [-0.39, 0.29) is 25.2 Å². The van der Waals surface area contributed by atoms with Crippen molar-refractivity contribution in [2.75, 3.05) is 19.8 Å². The fraction of sp³-hybridized carbons (Fsp3) is 0.811. The van der Waals surface area contributed by atoms with Crippen LogP contribution < -0.4 is 0 Å². The number of carbonyl (C=O) groups excluding carboxylic acids is 2. The molecule has 338 valence electrons. The summed E-state index contributed by atoms with van der Waals surface area (Å²) in [5.74, 6) is -0.444. The smallest absolute Gasteiger partial charge is 0.306 e. The van der Waals surface area contributed by atoms with Gasteiger partial charge in [-0.05, 0) is 77.0 Å².